The van der Waals surface area contributed by atoms with Crippen LogP contribution in [0.1, 0.15) is 69.9 Å². The fourth-order valence-corrected chi connectivity index (χ4v) is 3.28. The van der Waals surface area contributed by atoms with Crippen molar-refractivity contribution < 1.29 is 9.84 Å². The summed E-state index contributed by atoms with van der Waals surface area (Å²) in [7, 11) is 0. The average Bonchev–Trinajstić information content (AvgIpc) is 2.99. The van der Waals surface area contributed by atoms with Gasteiger partial charge in [-0.15, -0.1) is 0 Å². The molecule has 2 rings (SSSR count). The van der Waals surface area contributed by atoms with Crippen LogP contribution in [0.3, 0.4) is 0 Å². The third-order valence-corrected chi connectivity index (χ3v) is 4.96. The predicted octanol–water partition coefficient (Wildman–Crippen LogP) is 4.70. The van der Waals surface area contributed by atoms with Crippen LogP contribution in [0, 0.1) is 0 Å². The van der Waals surface area contributed by atoms with Gasteiger partial charge in [0.2, 0.25) is 0 Å². The molecule has 24 heavy (non-hydrogen) atoms. The minimum absolute atomic E-state index is 0.0560. The van der Waals surface area contributed by atoms with Gasteiger partial charge in [0.1, 0.15) is 12.1 Å². The van der Waals surface area contributed by atoms with Crippen molar-refractivity contribution in [3.05, 3.63) is 35.4 Å². The highest BCUT2D eigenvalue weighted by Crippen LogP contribution is 2.24. The smallest absolute Gasteiger partial charge is 0.180 e. The molecular formula is C21H33NO2. The Balaban J connectivity index is 1.72. The zero-order valence-electron chi connectivity index (χ0n) is 15.4. The lowest BCUT2D eigenvalue weighted by molar-refractivity contribution is 0.150. The van der Waals surface area contributed by atoms with E-state index in [1.54, 1.807) is 0 Å². The molecule has 0 spiro atoms. The molecule has 0 saturated heterocycles. The summed E-state index contributed by atoms with van der Waals surface area (Å²) >= 11 is 0. The van der Waals surface area contributed by atoms with E-state index in [9.17, 15) is 5.11 Å². The van der Waals surface area contributed by atoms with Gasteiger partial charge in [-0.1, -0.05) is 63.3 Å². The van der Waals surface area contributed by atoms with Gasteiger partial charge in [-0.05, 0) is 36.8 Å². The summed E-state index contributed by atoms with van der Waals surface area (Å²) in [6.07, 6.45) is 11.0. The van der Waals surface area contributed by atoms with Crippen molar-refractivity contribution in [1.29, 1.82) is 0 Å². The van der Waals surface area contributed by atoms with Crippen LogP contribution in [-0.4, -0.2) is 29.8 Å². The number of ether oxygens (including phenoxy) is 1. The topological polar surface area (TPSA) is 41.8 Å². The van der Waals surface area contributed by atoms with E-state index in [2.05, 4.69) is 36.2 Å². The van der Waals surface area contributed by atoms with Crippen molar-refractivity contribution >= 4 is 5.90 Å². The fourth-order valence-electron chi connectivity index (χ4n) is 3.28. The monoisotopic (exact) mass is 331 g/mol. The fraction of sp³-hybridized carbons (Fsp3) is 0.667. The lowest BCUT2D eigenvalue weighted by Crippen LogP contribution is -2.33. The summed E-state index contributed by atoms with van der Waals surface area (Å²) in [5, 5.41) is 9.64. The molecule has 0 aliphatic carbocycles. The lowest BCUT2D eigenvalue weighted by atomic mass is 9.93. The normalized spacial score (nSPS) is 20.0. The molecule has 0 amide bonds. The van der Waals surface area contributed by atoms with Crippen molar-refractivity contribution in [1.82, 2.24) is 0 Å². The van der Waals surface area contributed by atoms with E-state index in [0.29, 0.717) is 12.5 Å². The lowest BCUT2D eigenvalue weighted by Gasteiger charge is -2.21. The largest absolute Gasteiger partial charge is 0.479 e. The first-order valence-electron chi connectivity index (χ1n) is 9.55. The van der Waals surface area contributed by atoms with E-state index >= 15 is 0 Å². The zero-order valence-corrected chi connectivity index (χ0v) is 15.4. The summed E-state index contributed by atoms with van der Waals surface area (Å²) in [5.41, 5.74) is 2.32. The molecule has 0 bridgehead atoms. The predicted molar refractivity (Wildman–Crippen MR) is 101 cm³/mol. The van der Waals surface area contributed by atoms with E-state index in [4.69, 9.17) is 4.74 Å². The molecule has 0 saturated carbocycles. The third-order valence-electron chi connectivity index (χ3n) is 4.96. The first-order chi connectivity index (χ1) is 11.7. The maximum Gasteiger partial charge on any atom is 0.180 e. The van der Waals surface area contributed by atoms with E-state index in [1.807, 2.05) is 6.92 Å². The van der Waals surface area contributed by atoms with Gasteiger partial charge in [0.15, 0.2) is 5.90 Å². The molecule has 0 unspecified atom stereocenters. The maximum atomic E-state index is 9.64. The summed E-state index contributed by atoms with van der Waals surface area (Å²) in [4.78, 5) is 4.49. The van der Waals surface area contributed by atoms with Crippen LogP contribution in [0.4, 0.5) is 0 Å². The molecule has 1 aliphatic heterocycles. The number of hydrogen-bond donors (Lipinski definition) is 1. The third kappa shape index (κ3) is 5.94. The van der Waals surface area contributed by atoms with E-state index in [0.717, 1.165) is 12.8 Å². The van der Waals surface area contributed by atoms with Gasteiger partial charge in [0, 0.05) is 6.92 Å². The number of rotatable bonds is 11. The molecule has 1 N–H and O–H groups in total. The number of nitrogens with zero attached hydrogens (tertiary/aromatic N) is 1. The molecule has 1 aromatic carbocycles. The molecular weight excluding hydrogens is 298 g/mol. The zero-order chi connectivity index (χ0) is 17.3. The molecule has 3 heteroatoms. The standard InChI is InChI=1S/C21H33NO2/c1-3-4-5-6-7-8-9-19-10-12-20(13-11-19)14-15-21(16-23)17-24-18(2)22-21/h10-13,23H,3-9,14-17H2,1-2H3/t21-/m1/s1. The second-order valence-corrected chi connectivity index (χ2v) is 7.14. The first kappa shape index (κ1) is 19.0. The quantitative estimate of drug-likeness (QED) is 0.597. The summed E-state index contributed by atoms with van der Waals surface area (Å²) in [5.74, 6) is 0.693. The van der Waals surface area contributed by atoms with Crippen LogP contribution in [0.25, 0.3) is 0 Å². The van der Waals surface area contributed by atoms with E-state index in [1.165, 1.54) is 56.1 Å². The van der Waals surface area contributed by atoms with Gasteiger partial charge in [0.25, 0.3) is 0 Å². The van der Waals surface area contributed by atoms with Crippen molar-refractivity contribution in [3.63, 3.8) is 0 Å². The second kappa shape index (κ2) is 9.83. The Morgan fingerprint density at radius 3 is 2.21 bits per heavy atom. The van der Waals surface area contributed by atoms with Crippen LogP contribution in [0.5, 0.6) is 0 Å². The molecule has 3 nitrogen and oxygen atoms in total. The van der Waals surface area contributed by atoms with E-state index < -0.39 is 5.54 Å². The molecule has 1 atom stereocenters. The number of aliphatic imine (C=N–C) groups is 1. The molecule has 0 fully saturated rings. The number of hydrogen-bond acceptors (Lipinski definition) is 3. The SMILES string of the molecule is CCCCCCCCc1ccc(CC[C@@]2(CO)COC(C)=N2)cc1. The molecule has 1 aliphatic rings. The summed E-state index contributed by atoms with van der Waals surface area (Å²) in [6, 6.07) is 8.97. The number of unbranched alkanes of at least 4 members (excludes halogenated alkanes) is 5. The maximum absolute atomic E-state index is 9.64. The van der Waals surface area contributed by atoms with E-state index in [-0.39, 0.29) is 6.61 Å². The van der Waals surface area contributed by atoms with Gasteiger partial charge in [-0.25, -0.2) is 4.99 Å². The van der Waals surface area contributed by atoms with Gasteiger partial charge < -0.3 is 9.84 Å². The number of aliphatic hydroxyl groups excluding tert-OH is 1. The molecule has 0 radical (unpaired) electrons. The number of aliphatic hydroxyl groups is 1. The Morgan fingerprint density at radius 2 is 1.62 bits per heavy atom. The second-order valence-electron chi connectivity index (χ2n) is 7.14. The highest BCUT2D eigenvalue weighted by Gasteiger charge is 2.34. The molecule has 134 valence electrons. The molecule has 1 heterocycles. The minimum Gasteiger partial charge on any atom is -0.479 e. The average molecular weight is 332 g/mol. The van der Waals surface area contributed by atoms with Crippen LogP contribution < -0.4 is 0 Å². The minimum atomic E-state index is -0.429. The van der Waals surface area contributed by atoms with Crippen molar-refractivity contribution in [2.24, 2.45) is 4.99 Å². The first-order valence-corrected chi connectivity index (χ1v) is 9.55. The van der Waals surface area contributed by atoms with Gasteiger partial charge in [-0.3, -0.25) is 0 Å². The van der Waals surface area contributed by atoms with Gasteiger partial charge >= 0.3 is 0 Å². The van der Waals surface area contributed by atoms with Crippen LogP contribution in [0.2, 0.25) is 0 Å². The Bertz CT molecular complexity index is 509. The Hall–Kier alpha value is -1.35. The Kier molecular flexibility index (Phi) is 7.77. The van der Waals surface area contributed by atoms with Crippen molar-refractivity contribution in [3.8, 4) is 0 Å². The Labute approximate surface area is 147 Å². The number of benzene rings is 1. The van der Waals surface area contributed by atoms with Crippen LogP contribution in [-0.2, 0) is 17.6 Å². The molecule has 0 aromatic heterocycles. The van der Waals surface area contributed by atoms with Crippen LogP contribution >= 0.6 is 0 Å². The Morgan fingerprint density at radius 1 is 1.00 bits per heavy atom. The highest BCUT2D eigenvalue weighted by atomic mass is 16.5. The van der Waals surface area contributed by atoms with Crippen LogP contribution in [0.15, 0.2) is 29.3 Å². The highest BCUT2D eigenvalue weighted by molar-refractivity contribution is 5.75. The van der Waals surface area contributed by atoms with Crippen molar-refractivity contribution in [2.75, 3.05) is 13.2 Å². The number of aryl methyl sites for hydroxylation is 2. The van der Waals surface area contributed by atoms with Gasteiger partial charge in [-0.2, -0.15) is 0 Å². The summed E-state index contributed by atoms with van der Waals surface area (Å²) in [6.45, 7) is 4.68. The van der Waals surface area contributed by atoms with Gasteiger partial charge in [0.05, 0.1) is 6.61 Å². The molecule has 1 aromatic rings. The van der Waals surface area contributed by atoms with Crippen molar-refractivity contribution in [2.45, 2.75) is 77.2 Å². The summed E-state index contributed by atoms with van der Waals surface area (Å²) < 4.78 is 5.44.